The van der Waals surface area contributed by atoms with Crippen LogP contribution in [-0.4, -0.2) is 37.3 Å². The fraction of sp³-hybridized carbons (Fsp3) is 0.571. The number of hydrogen-bond donors (Lipinski definition) is 1. The van der Waals surface area contributed by atoms with Gasteiger partial charge in [0, 0.05) is 43.7 Å². The van der Waals surface area contributed by atoms with Gasteiger partial charge in [0.2, 0.25) is 0 Å². The minimum absolute atomic E-state index is 0.108. The maximum absolute atomic E-state index is 11.1. The predicted octanol–water partition coefficient (Wildman–Crippen LogP) is 2.64. The van der Waals surface area contributed by atoms with E-state index in [0.29, 0.717) is 0 Å². The van der Waals surface area contributed by atoms with Crippen LogP contribution in [0.5, 0.6) is 0 Å². The van der Waals surface area contributed by atoms with Crippen LogP contribution < -0.4 is 10.2 Å². The van der Waals surface area contributed by atoms with E-state index >= 15 is 0 Å². The molecule has 6 nitrogen and oxygen atoms in total. The highest BCUT2D eigenvalue weighted by molar-refractivity contribution is 5.64. The Kier molecular flexibility index (Phi) is 4.44. The van der Waals surface area contributed by atoms with E-state index in [0.717, 1.165) is 30.9 Å². The quantitative estimate of drug-likeness (QED) is 0.663. The topological polar surface area (TPSA) is 67.6 Å². The van der Waals surface area contributed by atoms with E-state index < -0.39 is 0 Å². The Balaban J connectivity index is 2.31. The third kappa shape index (κ3) is 3.01. The number of hydrogen-bond acceptors (Lipinski definition) is 5. The van der Waals surface area contributed by atoms with Crippen molar-refractivity contribution in [1.82, 2.24) is 0 Å². The Morgan fingerprint density at radius 2 is 2.25 bits per heavy atom. The summed E-state index contributed by atoms with van der Waals surface area (Å²) in [7, 11) is 1.96. The number of rotatable bonds is 5. The van der Waals surface area contributed by atoms with Gasteiger partial charge in [-0.05, 0) is 26.3 Å². The van der Waals surface area contributed by atoms with Gasteiger partial charge in [-0.1, -0.05) is 0 Å². The second-order valence-electron chi connectivity index (χ2n) is 5.07. The second-order valence-corrected chi connectivity index (χ2v) is 5.07. The molecular weight excluding hydrogens is 258 g/mol. The molecule has 6 heteroatoms. The molecule has 1 aromatic rings. The van der Waals surface area contributed by atoms with Gasteiger partial charge in [0.1, 0.15) is 0 Å². The lowest BCUT2D eigenvalue weighted by atomic mass is 10.1. The maximum Gasteiger partial charge on any atom is 0.273 e. The Bertz CT molecular complexity index is 493. The van der Waals surface area contributed by atoms with Gasteiger partial charge in [0.05, 0.1) is 17.1 Å². The van der Waals surface area contributed by atoms with Crippen LogP contribution in [0.4, 0.5) is 17.1 Å². The highest BCUT2D eigenvalue weighted by Gasteiger charge is 2.28. The van der Waals surface area contributed by atoms with Crippen LogP contribution in [0.1, 0.15) is 20.3 Å². The zero-order valence-electron chi connectivity index (χ0n) is 12.1. The summed E-state index contributed by atoms with van der Waals surface area (Å²) in [5.74, 6) is 0. The van der Waals surface area contributed by atoms with Gasteiger partial charge in [-0.3, -0.25) is 10.1 Å². The Morgan fingerprint density at radius 1 is 1.50 bits per heavy atom. The monoisotopic (exact) mass is 279 g/mol. The van der Waals surface area contributed by atoms with Gasteiger partial charge in [-0.2, -0.15) is 0 Å². The summed E-state index contributed by atoms with van der Waals surface area (Å²) in [5.41, 5.74) is 1.73. The zero-order valence-corrected chi connectivity index (χ0v) is 12.1. The van der Waals surface area contributed by atoms with Crippen molar-refractivity contribution in [2.24, 2.45) is 0 Å². The summed E-state index contributed by atoms with van der Waals surface area (Å²) in [5, 5.41) is 14.2. The molecule has 0 aromatic heterocycles. The molecule has 0 aliphatic carbocycles. The van der Waals surface area contributed by atoms with Gasteiger partial charge < -0.3 is 15.0 Å². The molecule has 2 unspecified atom stereocenters. The van der Waals surface area contributed by atoms with Crippen molar-refractivity contribution >= 4 is 17.1 Å². The van der Waals surface area contributed by atoms with E-state index in [4.69, 9.17) is 4.74 Å². The Hall–Kier alpha value is -1.82. The SMILES string of the molecule is CCNc1cc(N(C)C2CCOC2C)cc([N+](=O)[O-])c1. The first-order chi connectivity index (χ1) is 9.52. The minimum Gasteiger partial charge on any atom is -0.385 e. The predicted molar refractivity (Wildman–Crippen MR) is 79.5 cm³/mol. The highest BCUT2D eigenvalue weighted by atomic mass is 16.6. The van der Waals surface area contributed by atoms with Crippen molar-refractivity contribution in [3.8, 4) is 0 Å². The van der Waals surface area contributed by atoms with E-state index in [-0.39, 0.29) is 22.8 Å². The molecule has 0 saturated carbocycles. The number of anilines is 2. The van der Waals surface area contributed by atoms with Crippen molar-refractivity contribution in [2.75, 3.05) is 30.4 Å². The van der Waals surface area contributed by atoms with Crippen molar-refractivity contribution < 1.29 is 9.66 Å². The molecule has 2 atom stereocenters. The molecule has 1 saturated heterocycles. The molecule has 1 heterocycles. The molecule has 0 bridgehead atoms. The number of ether oxygens (including phenoxy) is 1. The van der Waals surface area contributed by atoms with Crippen LogP contribution in [0.15, 0.2) is 18.2 Å². The third-order valence-electron chi connectivity index (χ3n) is 3.74. The average Bonchev–Trinajstić information content (AvgIpc) is 2.84. The summed E-state index contributed by atoms with van der Waals surface area (Å²) < 4.78 is 5.57. The summed E-state index contributed by atoms with van der Waals surface area (Å²) >= 11 is 0. The van der Waals surface area contributed by atoms with Crippen molar-refractivity contribution in [3.05, 3.63) is 28.3 Å². The van der Waals surface area contributed by atoms with Gasteiger partial charge in [0.25, 0.3) is 5.69 Å². The molecule has 1 aromatic carbocycles. The summed E-state index contributed by atoms with van der Waals surface area (Å²) in [6.07, 6.45) is 1.08. The number of nitro benzene ring substituents is 1. The van der Waals surface area contributed by atoms with E-state index in [1.54, 1.807) is 12.1 Å². The molecule has 2 rings (SSSR count). The van der Waals surface area contributed by atoms with Gasteiger partial charge >= 0.3 is 0 Å². The van der Waals surface area contributed by atoms with Gasteiger partial charge in [-0.15, -0.1) is 0 Å². The molecular formula is C14H21N3O3. The van der Waals surface area contributed by atoms with Crippen molar-refractivity contribution in [2.45, 2.75) is 32.4 Å². The van der Waals surface area contributed by atoms with Crippen molar-refractivity contribution in [3.63, 3.8) is 0 Å². The molecule has 20 heavy (non-hydrogen) atoms. The van der Waals surface area contributed by atoms with Crippen LogP contribution in [0.2, 0.25) is 0 Å². The first kappa shape index (κ1) is 14.6. The number of likely N-dealkylation sites (N-methyl/N-ethyl adjacent to an activating group) is 1. The average molecular weight is 279 g/mol. The van der Waals surface area contributed by atoms with Gasteiger partial charge in [-0.25, -0.2) is 0 Å². The zero-order chi connectivity index (χ0) is 14.7. The maximum atomic E-state index is 11.1. The molecule has 0 amide bonds. The number of nitrogens with zero attached hydrogens (tertiary/aromatic N) is 2. The Labute approximate surface area is 118 Å². The largest absolute Gasteiger partial charge is 0.385 e. The number of benzene rings is 1. The standard InChI is InChI=1S/C14H21N3O3/c1-4-15-11-7-12(9-13(8-11)17(18)19)16(3)14-5-6-20-10(14)2/h7-10,14-15H,4-6H2,1-3H3. The first-order valence-electron chi connectivity index (χ1n) is 6.90. The molecule has 1 N–H and O–H groups in total. The normalized spacial score (nSPS) is 21.8. The number of non-ortho nitro benzene ring substituents is 1. The fourth-order valence-electron chi connectivity index (χ4n) is 2.63. The first-order valence-corrected chi connectivity index (χ1v) is 6.90. The summed E-state index contributed by atoms with van der Waals surface area (Å²) in [6.45, 7) is 5.48. The van der Waals surface area contributed by atoms with Crippen molar-refractivity contribution in [1.29, 1.82) is 0 Å². The van der Waals surface area contributed by atoms with Crippen LogP contribution in [0.25, 0.3) is 0 Å². The lowest BCUT2D eigenvalue weighted by Crippen LogP contribution is -2.36. The molecule has 1 fully saturated rings. The van der Waals surface area contributed by atoms with E-state index in [1.807, 2.05) is 27.0 Å². The second kappa shape index (κ2) is 6.09. The molecule has 0 spiro atoms. The van der Waals surface area contributed by atoms with E-state index in [9.17, 15) is 10.1 Å². The van der Waals surface area contributed by atoms with Crippen LogP contribution in [-0.2, 0) is 4.74 Å². The lowest BCUT2D eigenvalue weighted by molar-refractivity contribution is -0.384. The minimum atomic E-state index is -0.354. The van der Waals surface area contributed by atoms with Crippen LogP contribution >= 0.6 is 0 Å². The van der Waals surface area contributed by atoms with Gasteiger partial charge in [0.15, 0.2) is 0 Å². The third-order valence-corrected chi connectivity index (χ3v) is 3.74. The number of nitro groups is 1. The smallest absolute Gasteiger partial charge is 0.273 e. The molecule has 1 aliphatic heterocycles. The summed E-state index contributed by atoms with van der Waals surface area (Å²) in [4.78, 5) is 12.8. The Morgan fingerprint density at radius 3 is 2.80 bits per heavy atom. The molecule has 0 radical (unpaired) electrons. The molecule has 110 valence electrons. The highest BCUT2D eigenvalue weighted by Crippen LogP contribution is 2.30. The van der Waals surface area contributed by atoms with E-state index in [1.165, 1.54) is 0 Å². The molecule has 1 aliphatic rings. The van der Waals surface area contributed by atoms with E-state index in [2.05, 4.69) is 10.2 Å². The van der Waals surface area contributed by atoms with Crippen LogP contribution in [0.3, 0.4) is 0 Å². The summed E-state index contributed by atoms with van der Waals surface area (Å²) in [6, 6.07) is 5.38. The van der Waals surface area contributed by atoms with Crippen LogP contribution in [0, 0.1) is 10.1 Å². The fourth-order valence-corrected chi connectivity index (χ4v) is 2.63. The lowest BCUT2D eigenvalue weighted by Gasteiger charge is -2.29. The number of nitrogens with one attached hydrogen (secondary N) is 1.